The SMILES string of the molecule is BrCc1cc2c(Br)nccn2n1. The van der Waals surface area contributed by atoms with Gasteiger partial charge in [-0.05, 0) is 22.0 Å². The lowest BCUT2D eigenvalue weighted by molar-refractivity contribution is 0.915. The maximum Gasteiger partial charge on any atom is 0.131 e. The number of fused-ring (bicyclic) bond motifs is 1. The molecule has 62 valence electrons. The van der Waals surface area contributed by atoms with Gasteiger partial charge in [-0.3, -0.25) is 0 Å². The van der Waals surface area contributed by atoms with Crippen LogP contribution in [-0.4, -0.2) is 14.6 Å². The smallest absolute Gasteiger partial charge is 0.131 e. The quantitative estimate of drug-likeness (QED) is 0.755. The molecule has 0 aliphatic heterocycles. The molecule has 2 heterocycles. The fourth-order valence-corrected chi connectivity index (χ4v) is 1.69. The normalized spacial score (nSPS) is 10.8. The summed E-state index contributed by atoms with van der Waals surface area (Å²) in [6, 6.07) is 1.99. The fourth-order valence-electron chi connectivity index (χ4n) is 1.01. The van der Waals surface area contributed by atoms with Crippen LogP contribution in [0.25, 0.3) is 5.52 Å². The van der Waals surface area contributed by atoms with E-state index < -0.39 is 0 Å². The van der Waals surface area contributed by atoms with Crippen LogP contribution >= 0.6 is 31.9 Å². The van der Waals surface area contributed by atoms with E-state index in [-0.39, 0.29) is 0 Å². The standard InChI is InChI=1S/C7H5Br2N3/c8-4-5-3-6-7(9)10-1-2-12(6)11-5/h1-3H,4H2. The molecule has 0 unspecified atom stereocenters. The third-order valence-electron chi connectivity index (χ3n) is 1.53. The van der Waals surface area contributed by atoms with Gasteiger partial charge in [0, 0.05) is 17.7 Å². The van der Waals surface area contributed by atoms with E-state index >= 15 is 0 Å². The molecule has 3 nitrogen and oxygen atoms in total. The average molecular weight is 291 g/mol. The predicted octanol–water partition coefficient (Wildman–Crippen LogP) is 2.39. The zero-order valence-corrected chi connectivity index (χ0v) is 9.21. The Hall–Kier alpha value is -0.420. The van der Waals surface area contributed by atoms with E-state index in [1.807, 2.05) is 12.3 Å². The van der Waals surface area contributed by atoms with E-state index in [0.29, 0.717) is 0 Å². The van der Waals surface area contributed by atoms with E-state index in [1.165, 1.54) is 0 Å². The van der Waals surface area contributed by atoms with E-state index in [2.05, 4.69) is 41.9 Å². The Kier molecular flexibility index (Phi) is 2.14. The van der Waals surface area contributed by atoms with E-state index in [9.17, 15) is 0 Å². The lowest BCUT2D eigenvalue weighted by atomic mass is 10.4. The molecule has 0 aromatic carbocycles. The Bertz CT molecular complexity index is 410. The molecular weight excluding hydrogens is 286 g/mol. The van der Waals surface area contributed by atoms with Gasteiger partial charge in [0.1, 0.15) is 4.60 Å². The van der Waals surface area contributed by atoms with Gasteiger partial charge in [-0.1, -0.05) is 15.9 Å². The summed E-state index contributed by atoms with van der Waals surface area (Å²) in [6.45, 7) is 0. The first-order valence-corrected chi connectivity index (χ1v) is 5.27. The Morgan fingerprint density at radius 2 is 2.33 bits per heavy atom. The highest BCUT2D eigenvalue weighted by Gasteiger charge is 2.02. The highest BCUT2D eigenvalue weighted by molar-refractivity contribution is 9.10. The molecule has 12 heavy (non-hydrogen) atoms. The van der Waals surface area contributed by atoms with Crippen molar-refractivity contribution in [3.63, 3.8) is 0 Å². The van der Waals surface area contributed by atoms with Crippen LogP contribution in [0.2, 0.25) is 0 Å². The van der Waals surface area contributed by atoms with Crippen molar-refractivity contribution >= 4 is 37.4 Å². The molecular formula is C7H5Br2N3. The third kappa shape index (κ3) is 1.27. The maximum atomic E-state index is 4.29. The molecule has 2 rings (SSSR count). The highest BCUT2D eigenvalue weighted by Crippen LogP contribution is 2.16. The maximum absolute atomic E-state index is 4.29. The summed E-state index contributed by atoms with van der Waals surface area (Å²) in [5.74, 6) is 0. The molecule has 0 saturated carbocycles. The van der Waals surface area contributed by atoms with Gasteiger partial charge in [0.25, 0.3) is 0 Å². The molecule has 2 aromatic heterocycles. The number of alkyl halides is 1. The van der Waals surface area contributed by atoms with Crippen molar-refractivity contribution in [2.24, 2.45) is 0 Å². The Balaban J connectivity index is 2.74. The molecule has 5 heteroatoms. The van der Waals surface area contributed by atoms with Crippen LogP contribution < -0.4 is 0 Å². The van der Waals surface area contributed by atoms with Crippen LogP contribution in [0.5, 0.6) is 0 Å². The van der Waals surface area contributed by atoms with Crippen LogP contribution in [0.3, 0.4) is 0 Å². The first-order chi connectivity index (χ1) is 5.81. The van der Waals surface area contributed by atoms with Crippen LogP contribution in [0, 0.1) is 0 Å². The van der Waals surface area contributed by atoms with Gasteiger partial charge in [0.15, 0.2) is 0 Å². The first-order valence-electron chi connectivity index (χ1n) is 3.36. The predicted molar refractivity (Wildman–Crippen MR) is 53.3 cm³/mol. The van der Waals surface area contributed by atoms with Crippen molar-refractivity contribution in [1.29, 1.82) is 0 Å². The summed E-state index contributed by atoms with van der Waals surface area (Å²) in [4.78, 5) is 4.10. The molecule has 0 aliphatic carbocycles. The van der Waals surface area contributed by atoms with Gasteiger partial charge in [-0.25, -0.2) is 9.50 Å². The van der Waals surface area contributed by atoms with Crippen molar-refractivity contribution < 1.29 is 0 Å². The zero-order valence-electron chi connectivity index (χ0n) is 6.04. The lowest BCUT2D eigenvalue weighted by Gasteiger charge is -1.91. The second-order valence-corrected chi connectivity index (χ2v) is 3.63. The number of aromatic nitrogens is 3. The first kappa shape index (κ1) is 8.19. The highest BCUT2D eigenvalue weighted by atomic mass is 79.9. The van der Waals surface area contributed by atoms with Crippen molar-refractivity contribution in [3.8, 4) is 0 Å². The van der Waals surface area contributed by atoms with E-state index in [0.717, 1.165) is 21.1 Å². The van der Waals surface area contributed by atoms with Crippen molar-refractivity contribution in [1.82, 2.24) is 14.6 Å². The van der Waals surface area contributed by atoms with Crippen molar-refractivity contribution in [2.75, 3.05) is 0 Å². The van der Waals surface area contributed by atoms with Gasteiger partial charge in [0.2, 0.25) is 0 Å². The zero-order chi connectivity index (χ0) is 8.55. The van der Waals surface area contributed by atoms with Gasteiger partial charge in [-0.2, -0.15) is 5.10 Å². The minimum atomic E-state index is 0.765. The monoisotopic (exact) mass is 289 g/mol. The average Bonchev–Trinajstić information content (AvgIpc) is 2.49. The lowest BCUT2D eigenvalue weighted by Crippen LogP contribution is -1.88. The van der Waals surface area contributed by atoms with Crippen LogP contribution in [0.15, 0.2) is 23.1 Å². The Morgan fingerprint density at radius 3 is 3.00 bits per heavy atom. The Labute approximate surface area is 86.1 Å². The summed E-state index contributed by atoms with van der Waals surface area (Å²) < 4.78 is 2.62. The summed E-state index contributed by atoms with van der Waals surface area (Å²) >= 11 is 6.70. The second-order valence-electron chi connectivity index (χ2n) is 2.32. The van der Waals surface area contributed by atoms with Crippen LogP contribution in [0.1, 0.15) is 5.69 Å². The number of rotatable bonds is 1. The fraction of sp³-hybridized carbons (Fsp3) is 0.143. The summed E-state index contributed by atoms with van der Waals surface area (Å²) in [5.41, 5.74) is 2.00. The van der Waals surface area contributed by atoms with Gasteiger partial charge < -0.3 is 0 Å². The Morgan fingerprint density at radius 1 is 1.50 bits per heavy atom. The van der Waals surface area contributed by atoms with Gasteiger partial charge >= 0.3 is 0 Å². The van der Waals surface area contributed by atoms with Gasteiger partial charge in [-0.15, -0.1) is 0 Å². The van der Waals surface area contributed by atoms with E-state index in [4.69, 9.17) is 0 Å². The summed E-state index contributed by atoms with van der Waals surface area (Å²) in [5, 5.41) is 5.06. The van der Waals surface area contributed by atoms with Crippen LogP contribution in [-0.2, 0) is 5.33 Å². The molecule has 0 amide bonds. The molecule has 0 saturated heterocycles. The third-order valence-corrected chi connectivity index (χ3v) is 2.72. The van der Waals surface area contributed by atoms with Crippen molar-refractivity contribution in [3.05, 3.63) is 28.8 Å². The molecule has 0 aliphatic rings. The molecule has 0 spiro atoms. The number of nitrogens with zero attached hydrogens (tertiary/aromatic N) is 3. The van der Waals surface area contributed by atoms with Crippen molar-refractivity contribution in [2.45, 2.75) is 5.33 Å². The molecule has 0 N–H and O–H groups in total. The van der Waals surface area contributed by atoms with Gasteiger partial charge in [0.05, 0.1) is 11.2 Å². The molecule has 0 atom stereocenters. The largest absolute Gasteiger partial charge is 0.245 e. The summed E-state index contributed by atoms with van der Waals surface area (Å²) in [7, 11) is 0. The summed E-state index contributed by atoms with van der Waals surface area (Å²) in [6.07, 6.45) is 3.54. The molecule has 0 radical (unpaired) electrons. The number of halogens is 2. The molecule has 2 aromatic rings. The molecule has 0 bridgehead atoms. The number of hydrogen-bond donors (Lipinski definition) is 0. The topological polar surface area (TPSA) is 30.2 Å². The van der Waals surface area contributed by atoms with E-state index in [1.54, 1.807) is 10.7 Å². The molecule has 0 fully saturated rings. The number of hydrogen-bond acceptors (Lipinski definition) is 2. The van der Waals surface area contributed by atoms with Crippen LogP contribution in [0.4, 0.5) is 0 Å². The second kappa shape index (κ2) is 3.14. The minimum Gasteiger partial charge on any atom is -0.245 e. The minimum absolute atomic E-state index is 0.765.